The van der Waals surface area contributed by atoms with E-state index in [9.17, 15) is 0 Å². The maximum atomic E-state index is 6.19. The second-order valence-electron chi connectivity index (χ2n) is 6.01. The minimum Gasteiger partial charge on any atom is -0.378 e. The van der Waals surface area contributed by atoms with Gasteiger partial charge in [0.25, 0.3) is 0 Å². The van der Waals surface area contributed by atoms with Gasteiger partial charge in [-0.15, -0.1) is 0 Å². The summed E-state index contributed by atoms with van der Waals surface area (Å²) in [6.45, 7) is 8.03. The maximum Gasteiger partial charge on any atom is 0.0575 e. The molecule has 0 aromatic carbocycles. The Morgan fingerprint density at radius 2 is 2.00 bits per heavy atom. The van der Waals surface area contributed by atoms with Gasteiger partial charge < -0.3 is 9.64 Å². The number of unbranched alkanes of at least 4 members (excludes halogenated alkanes) is 2. The van der Waals surface area contributed by atoms with Gasteiger partial charge in [0.2, 0.25) is 0 Å². The van der Waals surface area contributed by atoms with Crippen LogP contribution >= 0.6 is 0 Å². The number of hydrogen-bond acceptors (Lipinski definition) is 2. The molecular weight excluding hydrogens is 222 g/mol. The molecule has 1 saturated heterocycles. The molecule has 1 aliphatic rings. The highest BCUT2D eigenvalue weighted by atomic mass is 16.5. The minimum absolute atomic E-state index is 0.522. The van der Waals surface area contributed by atoms with Crippen molar-refractivity contribution < 1.29 is 4.74 Å². The molecule has 0 saturated carbocycles. The molecule has 1 aliphatic heterocycles. The van der Waals surface area contributed by atoms with Crippen molar-refractivity contribution in [3.63, 3.8) is 0 Å². The first-order valence-corrected chi connectivity index (χ1v) is 8.06. The van der Waals surface area contributed by atoms with Crippen LogP contribution in [0.25, 0.3) is 0 Å². The highest BCUT2D eigenvalue weighted by molar-refractivity contribution is 4.71. The molecule has 2 atom stereocenters. The lowest BCUT2D eigenvalue weighted by Crippen LogP contribution is -2.35. The average molecular weight is 255 g/mol. The Kier molecular flexibility index (Phi) is 8.70. The number of nitrogens with zero attached hydrogens (tertiary/aromatic N) is 1. The predicted molar refractivity (Wildman–Crippen MR) is 79.0 cm³/mol. The second kappa shape index (κ2) is 9.80. The molecule has 0 spiro atoms. The molecule has 1 rings (SSSR count). The van der Waals surface area contributed by atoms with Gasteiger partial charge >= 0.3 is 0 Å². The zero-order chi connectivity index (χ0) is 13.2. The highest BCUT2D eigenvalue weighted by Crippen LogP contribution is 2.18. The van der Waals surface area contributed by atoms with Gasteiger partial charge in [-0.05, 0) is 45.2 Å². The number of hydrogen-bond donors (Lipinski definition) is 0. The fraction of sp³-hybridized carbons (Fsp3) is 1.00. The Morgan fingerprint density at radius 1 is 1.17 bits per heavy atom. The first-order valence-electron chi connectivity index (χ1n) is 8.06. The van der Waals surface area contributed by atoms with Crippen LogP contribution < -0.4 is 0 Å². The van der Waals surface area contributed by atoms with E-state index < -0.39 is 0 Å². The smallest absolute Gasteiger partial charge is 0.0575 e. The van der Waals surface area contributed by atoms with Gasteiger partial charge in [0.1, 0.15) is 0 Å². The molecule has 0 bridgehead atoms. The maximum absolute atomic E-state index is 6.19. The average Bonchev–Trinajstić information content (AvgIpc) is 2.36. The lowest BCUT2D eigenvalue weighted by Gasteiger charge is -2.30. The van der Waals surface area contributed by atoms with E-state index in [2.05, 4.69) is 25.8 Å². The number of ether oxygens (including phenoxy) is 1. The van der Waals surface area contributed by atoms with Gasteiger partial charge in [-0.25, -0.2) is 0 Å². The van der Waals surface area contributed by atoms with Gasteiger partial charge in [-0.1, -0.05) is 39.5 Å². The van der Waals surface area contributed by atoms with E-state index in [1.54, 1.807) is 0 Å². The quantitative estimate of drug-likeness (QED) is 0.575. The van der Waals surface area contributed by atoms with Gasteiger partial charge in [-0.2, -0.15) is 0 Å². The van der Waals surface area contributed by atoms with E-state index in [4.69, 9.17) is 4.74 Å². The Labute approximate surface area is 114 Å². The van der Waals surface area contributed by atoms with Crippen LogP contribution in [0.2, 0.25) is 0 Å². The number of rotatable bonds is 9. The van der Waals surface area contributed by atoms with Crippen LogP contribution in [0.15, 0.2) is 0 Å². The molecule has 0 aliphatic carbocycles. The molecular formula is C16H33NO. The van der Waals surface area contributed by atoms with Crippen molar-refractivity contribution in [3.05, 3.63) is 0 Å². The summed E-state index contributed by atoms with van der Waals surface area (Å²) in [5.41, 5.74) is 0. The van der Waals surface area contributed by atoms with Crippen molar-refractivity contribution in [3.8, 4) is 0 Å². The lowest BCUT2D eigenvalue weighted by molar-refractivity contribution is 0.00245. The van der Waals surface area contributed by atoms with Crippen molar-refractivity contribution in [1.29, 1.82) is 0 Å². The third-order valence-corrected chi connectivity index (χ3v) is 4.03. The van der Waals surface area contributed by atoms with Crippen molar-refractivity contribution in [2.75, 3.05) is 26.7 Å². The van der Waals surface area contributed by atoms with Crippen LogP contribution in [0.5, 0.6) is 0 Å². The largest absolute Gasteiger partial charge is 0.378 e. The molecule has 1 fully saturated rings. The van der Waals surface area contributed by atoms with Gasteiger partial charge in [0, 0.05) is 6.54 Å². The summed E-state index contributed by atoms with van der Waals surface area (Å²) in [6.07, 6.45) is 11.0. The van der Waals surface area contributed by atoms with Gasteiger partial charge in [0.15, 0.2) is 0 Å². The predicted octanol–water partition coefficient (Wildman–Crippen LogP) is 4.09. The van der Waals surface area contributed by atoms with Crippen molar-refractivity contribution >= 4 is 0 Å². The fourth-order valence-corrected chi connectivity index (χ4v) is 2.94. The molecule has 18 heavy (non-hydrogen) atoms. The third-order valence-electron chi connectivity index (χ3n) is 4.03. The first kappa shape index (κ1) is 16.0. The first-order chi connectivity index (χ1) is 8.76. The molecule has 0 radical (unpaired) electrons. The highest BCUT2D eigenvalue weighted by Gasteiger charge is 2.18. The topological polar surface area (TPSA) is 12.5 Å². The summed E-state index contributed by atoms with van der Waals surface area (Å²) in [5.74, 6) is 0.772. The van der Waals surface area contributed by atoms with Crippen molar-refractivity contribution in [1.82, 2.24) is 4.90 Å². The van der Waals surface area contributed by atoms with Gasteiger partial charge in [0.05, 0.1) is 12.7 Å². The van der Waals surface area contributed by atoms with E-state index >= 15 is 0 Å². The van der Waals surface area contributed by atoms with Crippen LogP contribution in [0.1, 0.15) is 65.2 Å². The Morgan fingerprint density at radius 3 is 2.67 bits per heavy atom. The summed E-state index contributed by atoms with van der Waals surface area (Å²) in [7, 11) is 2.23. The Balaban J connectivity index is 2.18. The fourth-order valence-electron chi connectivity index (χ4n) is 2.94. The molecule has 0 aromatic rings. The van der Waals surface area contributed by atoms with Crippen LogP contribution in [0.4, 0.5) is 0 Å². The van der Waals surface area contributed by atoms with Gasteiger partial charge in [-0.3, -0.25) is 0 Å². The van der Waals surface area contributed by atoms with Crippen LogP contribution in [-0.2, 0) is 4.74 Å². The van der Waals surface area contributed by atoms with E-state index in [0.717, 1.165) is 12.5 Å². The molecule has 0 aromatic heterocycles. The number of piperidine rings is 1. The summed E-state index contributed by atoms with van der Waals surface area (Å²) < 4.78 is 6.19. The second-order valence-corrected chi connectivity index (χ2v) is 6.01. The molecule has 108 valence electrons. The lowest BCUT2D eigenvalue weighted by atomic mass is 9.99. The molecule has 2 unspecified atom stereocenters. The number of likely N-dealkylation sites (tertiary alicyclic amines) is 1. The normalized spacial score (nSPS) is 23.2. The standard InChI is InChI=1S/C16H33NO/c1-4-6-7-11-16(9-5-2)18-14-15-10-8-12-17(3)13-15/h15-16H,4-14H2,1-3H3. The van der Waals surface area contributed by atoms with Crippen molar-refractivity contribution in [2.24, 2.45) is 5.92 Å². The summed E-state index contributed by atoms with van der Waals surface area (Å²) in [5, 5.41) is 0. The molecule has 0 N–H and O–H groups in total. The molecule has 2 heteroatoms. The zero-order valence-corrected chi connectivity index (χ0v) is 12.8. The minimum atomic E-state index is 0.522. The van der Waals surface area contributed by atoms with E-state index in [1.807, 2.05) is 0 Å². The summed E-state index contributed by atoms with van der Waals surface area (Å²) in [6, 6.07) is 0. The van der Waals surface area contributed by atoms with Crippen LogP contribution in [0.3, 0.4) is 0 Å². The van der Waals surface area contributed by atoms with E-state index in [-0.39, 0.29) is 0 Å². The van der Waals surface area contributed by atoms with E-state index in [1.165, 1.54) is 64.5 Å². The van der Waals surface area contributed by atoms with Crippen molar-refractivity contribution in [2.45, 2.75) is 71.3 Å². The third kappa shape index (κ3) is 6.75. The monoisotopic (exact) mass is 255 g/mol. The van der Waals surface area contributed by atoms with E-state index in [0.29, 0.717) is 6.10 Å². The Bertz CT molecular complexity index is 196. The molecule has 0 amide bonds. The Hall–Kier alpha value is -0.0800. The molecule has 1 heterocycles. The summed E-state index contributed by atoms with van der Waals surface area (Å²) in [4.78, 5) is 2.45. The van der Waals surface area contributed by atoms with Crippen LogP contribution in [0, 0.1) is 5.92 Å². The molecule has 2 nitrogen and oxygen atoms in total. The van der Waals surface area contributed by atoms with Crippen LogP contribution in [-0.4, -0.2) is 37.7 Å². The zero-order valence-electron chi connectivity index (χ0n) is 12.8. The SMILES string of the molecule is CCCCCC(CCC)OCC1CCCN(C)C1. The summed E-state index contributed by atoms with van der Waals surface area (Å²) >= 11 is 0.